The first-order chi connectivity index (χ1) is 9.42. The van der Waals surface area contributed by atoms with E-state index in [2.05, 4.69) is 11.4 Å². The number of rotatable bonds is 6. The van der Waals surface area contributed by atoms with E-state index < -0.39 is 11.7 Å². The van der Waals surface area contributed by atoms with Crippen molar-refractivity contribution in [3.8, 4) is 0 Å². The van der Waals surface area contributed by atoms with Crippen molar-refractivity contribution in [2.24, 2.45) is 0 Å². The van der Waals surface area contributed by atoms with Gasteiger partial charge in [-0.25, -0.2) is 4.79 Å². The van der Waals surface area contributed by atoms with Gasteiger partial charge in [-0.15, -0.1) is 0 Å². The van der Waals surface area contributed by atoms with Crippen molar-refractivity contribution in [2.75, 3.05) is 6.61 Å². The number of ether oxygens (including phenoxy) is 1. The zero-order valence-corrected chi connectivity index (χ0v) is 12.6. The normalized spacial score (nSPS) is 11.2. The molecule has 0 bridgehead atoms. The molecule has 0 unspecified atom stereocenters. The highest BCUT2D eigenvalue weighted by atomic mass is 16.6. The second-order valence-electron chi connectivity index (χ2n) is 5.80. The number of unbranched alkanes of at least 4 members (excludes halogenated alkanes) is 1. The van der Waals surface area contributed by atoms with Gasteiger partial charge in [-0.05, 0) is 51.2 Å². The molecule has 2 N–H and O–H groups in total. The number of carbonyl (C=O) groups is 1. The third-order valence-electron chi connectivity index (χ3n) is 2.79. The lowest BCUT2D eigenvalue weighted by Crippen LogP contribution is -2.32. The van der Waals surface area contributed by atoms with Crippen LogP contribution in [-0.4, -0.2) is 23.4 Å². The molecule has 0 saturated heterocycles. The van der Waals surface area contributed by atoms with Gasteiger partial charge in [0.25, 0.3) is 0 Å². The summed E-state index contributed by atoms with van der Waals surface area (Å²) in [5.41, 5.74) is 1.82. The molecule has 4 nitrogen and oxygen atoms in total. The van der Waals surface area contributed by atoms with E-state index in [9.17, 15) is 4.79 Å². The Morgan fingerprint density at radius 1 is 1.20 bits per heavy atom. The van der Waals surface area contributed by atoms with Gasteiger partial charge >= 0.3 is 6.09 Å². The maximum absolute atomic E-state index is 11.6. The van der Waals surface area contributed by atoms with Crippen LogP contribution in [0.3, 0.4) is 0 Å². The van der Waals surface area contributed by atoms with E-state index in [1.165, 1.54) is 5.56 Å². The molecular formula is C16H25NO3. The maximum Gasteiger partial charge on any atom is 0.407 e. The first kappa shape index (κ1) is 16.5. The van der Waals surface area contributed by atoms with Crippen molar-refractivity contribution in [2.45, 2.75) is 52.2 Å². The van der Waals surface area contributed by atoms with Crippen LogP contribution in [-0.2, 0) is 17.7 Å². The van der Waals surface area contributed by atoms with Gasteiger partial charge < -0.3 is 15.2 Å². The average molecular weight is 279 g/mol. The average Bonchev–Trinajstić information content (AvgIpc) is 2.36. The van der Waals surface area contributed by atoms with E-state index in [1.54, 1.807) is 0 Å². The van der Waals surface area contributed by atoms with E-state index in [1.807, 2.05) is 39.0 Å². The molecule has 0 radical (unpaired) electrons. The van der Waals surface area contributed by atoms with Gasteiger partial charge in [0.15, 0.2) is 0 Å². The summed E-state index contributed by atoms with van der Waals surface area (Å²) in [4.78, 5) is 11.6. The Morgan fingerprint density at radius 3 is 2.45 bits per heavy atom. The fraction of sp³-hybridized carbons (Fsp3) is 0.562. The number of alkyl carbamates (subject to hydrolysis) is 1. The van der Waals surface area contributed by atoms with E-state index >= 15 is 0 Å². The predicted molar refractivity (Wildman–Crippen MR) is 79.5 cm³/mol. The van der Waals surface area contributed by atoms with E-state index in [4.69, 9.17) is 9.84 Å². The van der Waals surface area contributed by atoms with Crippen LogP contribution in [0.4, 0.5) is 4.79 Å². The monoisotopic (exact) mass is 279 g/mol. The van der Waals surface area contributed by atoms with E-state index in [-0.39, 0.29) is 6.61 Å². The molecule has 1 aromatic rings. The molecule has 0 atom stereocenters. The van der Waals surface area contributed by atoms with Gasteiger partial charge in [-0.3, -0.25) is 0 Å². The zero-order valence-electron chi connectivity index (χ0n) is 12.6. The summed E-state index contributed by atoms with van der Waals surface area (Å²) < 4.78 is 5.21. The standard InChI is InChI=1S/C16H25NO3/c1-16(2,3)20-15(19)17-12-14-10-5-4-8-13(14)9-6-7-11-18/h4-5,8,10,18H,6-7,9,11-12H2,1-3H3,(H,17,19). The molecule has 0 heterocycles. The number of aliphatic hydroxyl groups excluding tert-OH is 1. The minimum atomic E-state index is -0.481. The molecule has 0 saturated carbocycles. The zero-order chi connectivity index (χ0) is 15.0. The molecule has 0 aromatic heterocycles. The van der Waals surface area contributed by atoms with Crippen LogP contribution in [0.15, 0.2) is 24.3 Å². The second kappa shape index (κ2) is 7.90. The van der Waals surface area contributed by atoms with Crippen LogP contribution in [0.2, 0.25) is 0 Å². The summed E-state index contributed by atoms with van der Waals surface area (Å²) in [6, 6.07) is 8.02. The van der Waals surface area contributed by atoms with Crippen molar-refractivity contribution in [3.63, 3.8) is 0 Å². The highest BCUT2D eigenvalue weighted by Gasteiger charge is 2.15. The van der Waals surface area contributed by atoms with Crippen LogP contribution >= 0.6 is 0 Å². The number of benzene rings is 1. The molecule has 20 heavy (non-hydrogen) atoms. The maximum atomic E-state index is 11.6. The number of amides is 1. The molecule has 0 spiro atoms. The lowest BCUT2D eigenvalue weighted by molar-refractivity contribution is 0.0523. The molecule has 112 valence electrons. The van der Waals surface area contributed by atoms with E-state index in [0.29, 0.717) is 6.54 Å². The Labute approximate surface area is 121 Å². The van der Waals surface area contributed by atoms with Crippen molar-refractivity contribution in [1.82, 2.24) is 5.32 Å². The summed E-state index contributed by atoms with van der Waals surface area (Å²) in [6.07, 6.45) is 2.25. The number of nitrogens with one attached hydrogen (secondary N) is 1. The lowest BCUT2D eigenvalue weighted by Gasteiger charge is -2.20. The van der Waals surface area contributed by atoms with Crippen LogP contribution in [0.25, 0.3) is 0 Å². The van der Waals surface area contributed by atoms with Crippen molar-refractivity contribution in [3.05, 3.63) is 35.4 Å². The number of carbonyl (C=O) groups excluding carboxylic acids is 1. The molecule has 0 aliphatic carbocycles. The first-order valence-corrected chi connectivity index (χ1v) is 7.07. The molecule has 0 aliphatic heterocycles. The Balaban J connectivity index is 2.52. The number of aliphatic hydroxyl groups is 1. The van der Waals surface area contributed by atoms with Crippen LogP contribution < -0.4 is 5.32 Å². The first-order valence-electron chi connectivity index (χ1n) is 7.07. The van der Waals surface area contributed by atoms with Gasteiger partial charge in [-0.2, -0.15) is 0 Å². The predicted octanol–water partition coefficient (Wildman–Crippen LogP) is 3.03. The molecular weight excluding hydrogens is 254 g/mol. The summed E-state index contributed by atoms with van der Waals surface area (Å²) in [7, 11) is 0. The summed E-state index contributed by atoms with van der Waals surface area (Å²) in [6.45, 7) is 6.21. The fourth-order valence-corrected chi connectivity index (χ4v) is 1.88. The molecule has 1 aromatic carbocycles. The van der Waals surface area contributed by atoms with Crippen LogP contribution in [0.5, 0.6) is 0 Å². The molecule has 1 amide bonds. The van der Waals surface area contributed by atoms with Crippen molar-refractivity contribution in [1.29, 1.82) is 0 Å². The number of hydrogen-bond donors (Lipinski definition) is 2. The third kappa shape index (κ3) is 6.57. The van der Waals surface area contributed by atoms with Crippen LogP contribution in [0, 0.1) is 0 Å². The highest BCUT2D eigenvalue weighted by molar-refractivity contribution is 5.67. The van der Waals surface area contributed by atoms with Gasteiger partial charge in [0.05, 0.1) is 0 Å². The summed E-state index contributed by atoms with van der Waals surface area (Å²) in [5, 5.41) is 11.6. The number of hydrogen-bond acceptors (Lipinski definition) is 3. The summed E-state index contributed by atoms with van der Waals surface area (Å²) in [5.74, 6) is 0. The Kier molecular flexibility index (Phi) is 6.52. The van der Waals surface area contributed by atoms with Gasteiger partial charge in [-0.1, -0.05) is 24.3 Å². The Morgan fingerprint density at radius 2 is 1.85 bits per heavy atom. The fourth-order valence-electron chi connectivity index (χ4n) is 1.88. The smallest absolute Gasteiger partial charge is 0.407 e. The highest BCUT2D eigenvalue weighted by Crippen LogP contribution is 2.13. The minimum Gasteiger partial charge on any atom is -0.444 e. The van der Waals surface area contributed by atoms with Crippen molar-refractivity contribution < 1.29 is 14.6 Å². The SMILES string of the molecule is CC(C)(C)OC(=O)NCc1ccccc1CCCCO. The Hall–Kier alpha value is -1.55. The largest absolute Gasteiger partial charge is 0.444 e. The van der Waals surface area contributed by atoms with Gasteiger partial charge in [0.2, 0.25) is 0 Å². The second-order valence-corrected chi connectivity index (χ2v) is 5.80. The quantitative estimate of drug-likeness (QED) is 0.787. The van der Waals surface area contributed by atoms with E-state index in [0.717, 1.165) is 24.8 Å². The molecule has 1 rings (SSSR count). The van der Waals surface area contributed by atoms with Crippen LogP contribution in [0.1, 0.15) is 44.7 Å². The topological polar surface area (TPSA) is 58.6 Å². The third-order valence-corrected chi connectivity index (χ3v) is 2.79. The molecule has 4 heteroatoms. The minimum absolute atomic E-state index is 0.221. The van der Waals surface area contributed by atoms with Gasteiger partial charge in [0.1, 0.15) is 5.60 Å². The van der Waals surface area contributed by atoms with Gasteiger partial charge in [0, 0.05) is 13.2 Å². The lowest BCUT2D eigenvalue weighted by atomic mass is 10.0. The number of aryl methyl sites for hydroxylation is 1. The summed E-state index contributed by atoms with van der Waals surface area (Å²) >= 11 is 0. The molecule has 0 fully saturated rings. The Bertz CT molecular complexity index is 424. The molecule has 0 aliphatic rings. The van der Waals surface area contributed by atoms with Crippen molar-refractivity contribution >= 4 is 6.09 Å².